The molecule has 1 aromatic heterocycles. The predicted molar refractivity (Wildman–Crippen MR) is 107 cm³/mol. The number of nitrogens with one attached hydrogen (secondary N) is 1. The summed E-state index contributed by atoms with van der Waals surface area (Å²) in [5.41, 5.74) is 2.88. The molecule has 1 aromatic carbocycles. The zero-order valence-electron chi connectivity index (χ0n) is 16.4. The van der Waals surface area contributed by atoms with Crippen LogP contribution in [0.5, 0.6) is 5.88 Å². The molecule has 2 heterocycles. The number of hydrogen-bond donors (Lipinski definition) is 1. The van der Waals surface area contributed by atoms with E-state index >= 15 is 0 Å². The number of nitrogens with zero attached hydrogens (tertiary/aromatic N) is 2. The van der Waals surface area contributed by atoms with Crippen molar-refractivity contribution in [1.29, 1.82) is 0 Å². The van der Waals surface area contributed by atoms with Crippen LogP contribution in [-0.2, 0) is 13.1 Å². The van der Waals surface area contributed by atoms with Crippen molar-refractivity contribution in [1.82, 2.24) is 15.2 Å². The summed E-state index contributed by atoms with van der Waals surface area (Å²) in [5.74, 6) is 1.65. The highest BCUT2D eigenvalue weighted by Gasteiger charge is 2.22. The van der Waals surface area contributed by atoms with E-state index in [-0.39, 0.29) is 5.91 Å². The molecule has 27 heavy (non-hydrogen) atoms. The Morgan fingerprint density at radius 2 is 1.85 bits per heavy atom. The summed E-state index contributed by atoms with van der Waals surface area (Å²) >= 11 is 0. The Kier molecular flexibility index (Phi) is 6.45. The minimum Gasteiger partial charge on any atom is -0.480 e. The van der Waals surface area contributed by atoms with E-state index in [4.69, 9.17) is 4.74 Å². The maximum absolute atomic E-state index is 12.5. The molecular weight excluding hydrogens is 338 g/mol. The molecule has 1 fully saturated rings. The summed E-state index contributed by atoms with van der Waals surface area (Å²) in [6.07, 6.45) is 2.92. The van der Waals surface area contributed by atoms with Crippen molar-refractivity contribution in [2.75, 3.05) is 20.2 Å². The smallest absolute Gasteiger partial charge is 0.257 e. The lowest BCUT2D eigenvalue weighted by molar-refractivity contribution is 0.0946. The third-order valence-corrected chi connectivity index (χ3v) is 5.11. The van der Waals surface area contributed by atoms with Gasteiger partial charge in [0, 0.05) is 32.4 Å². The molecule has 1 aliphatic rings. The number of carbonyl (C=O) groups is 1. The van der Waals surface area contributed by atoms with Crippen LogP contribution in [0.3, 0.4) is 0 Å². The van der Waals surface area contributed by atoms with E-state index < -0.39 is 0 Å². The van der Waals surface area contributed by atoms with Crippen LogP contribution in [0.4, 0.5) is 0 Å². The van der Waals surface area contributed by atoms with Gasteiger partial charge in [-0.25, -0.2) is 4.98 Å². The van der Waals surface area contributed by atoms with Crippen molar-refractivity contribution in [2.45, 2.75) is 33.4 Å². The Morgan fingerprint density at radius 1 is 1.15 bits per heavy atom. The van der Waals surface area contributed by atoms with Crippen LogP contribution in [0.15, 0.2) is 42.6 Å². The van der Waals surface area contributed by atoms with Crippen molar-refractivity contribution in [3.05, 3.63) is 59.3 Å². The molecule has 2 atom stereocenters. The van der Waals surface area contributed by atoms with Crippen LogP contribution in [0.2, 0.25) is 0 Å². The fourth-order valence-electron chi connectivity index (χ4n) is 4.04. The Hall–Kier alpha value is -2.40. The SMILES string of the molecule is COc1ncccc1C(=O)NCc1ccccc1CN1CC(C)CC(C)C1. The van der Waals surface area contributed by atoms with Gasteiger partial charge >= 0.3 is 0 Å². The summed E-state index contributed by atoms with van der Waals surface area (Å²) in [5, 5.41) is 3.01. The van der Waals surface area contributed by atoms with Crippen LogP contribution in [0, 0.1) is 11.8 Å². The van der Waals surface area contributed by atoms with Crippen molar-refractivity contribution in [2.24, 2.45) is 11.8 Å². The molecule has 0 bridgehead atoms. The number of pyridine rings is 1. The Morgan fingerprint density at radius 3 is 2.56 bits per heavy atom. The molecule has 2 aromatic rings. The maximum Gasteiger partial charge on any atom is 0.257 e. The summed E-state index contributed by atoms with van der Waals surface area (Å²) in [7, 11) is 1.52. The monoisotopic (exact) mass is 367 g/mol. The molecule has 1 saturated heterocycles. The lowest BCUT2D eigenvalue weighted by Gasteiger charge is -2.35. The van der Waals surface area contributed by atoms with Crippen LogP contribution < -0.4 is 10.1 Å². The van der Waals surface area contributed by atoms with E-state index in [0.717, 1.165) is 37.0 Å². The van der Waals surface area contributed by atoms with Gasteiger partial charge in [-0.2, -0.15) is 0 Å². The number of hydrogen-bond acceptors (Lipinski definition) is 4. The second kappa shape index (κ2) is 9.00. The van der Waals surface area contributed by atoms with Gasteiger partial charge in [0.1, 0.15) is 5.56 Å². The Bertz CT molecular complexity index is 768. The third kappa shape index (κ3) is 5.07. The van der Waals surface area contributed by atoms with Crippen molar-refractivity contribution in [3.63, 3.8) is 0 Å². The number of rotatable bonds is 6. The third-order valence-electron chi connectivity index (χ3n) is 5.11. The van der Waals surface area contributed by atoms with Gasteiger partial charge in [0.25, 0.3) is 5.91 Å². The van der Waals surface area contributed by atoms with Gasteiger partial charge in [0.05, 0.1) is 7.11 Å². The van der Waals surface area contributed by atoms with Crippen LogP contribution >= 0.6 is 0 Å². The molecule has 1 N–H and O–H groups in total. The first-order valence-corrected chi connectivity index (χ1v) is 9.63. The highest BCUT2D eigenvalue weighted by Crippen LogP contribution is 2.23. The standard InChI is InChI=1S/C22H29N3O2/c1-16-11-17(2)14-25(13-16)15-19-8-5-4-7-18(19)12-24-21(26)20-9-6-10-23-22(20)27-3/h4-10,16-17H,11-15H2,1-3H3,(H,24,26). The Balaban J connectivity index is 1.66. The van der Waals surface area contributed by atoms with E-state index in [0.29, 0.717) is 18.0 Å². The summed E-state index contributed by atoms with van der Waals surface area (Å²) in [4.78, 5) is 19.2. The molecule has 0 saturated carbocycles. The minimum atomic E-state index is -0.171. The number of likely N-dealkylation sites (tertiary alicyclic amines) is 1. The van der Waals surface area contributed by atoms with E-state index in [1.165, 1.54) is 19.1 Å². The molecule has 2 unspecified atom stereocenters. The van der Waals surface area contributed by atoms with Crippen molar-refractivity contribution < 1.29 is 9.53 Å². The summed E-state index contributed by atoms with van der Waals surface area (Å²) in [6, 6.07) is 11.8. The van der Waals surface area contributed by atoms with Gasteiger partial charge in [0.2, 0.25) is 5.88 Å². The maximum atomic E-state index is 12.5. The number of ether oxygens (including phenoxy) is 1. The summed E-state index contributed by atoms with van der Waals surface area (Å²) in [6.45, 7) is 8.35. The molecule has 1 amide bonds. The molecule has 0 spiro atoms. The first-order valence-electron chi connectivity index (χ1n) is 9.63. The highest BCUT2D eigenvalue weighted by atomic mass is 16.5. The number of aromatic nitrogens is 1. The normalized spacial score (nSPS) is 20.3. The van der Waals surface area contributed by atoms with E-state index in [9.17, 15) is 4.79 Å². The van der Waals surface area contributed by atoms with Crippen molar-refractivity contribution >= 4 is 5.91 Å². The number of benzene rings is 1. The lowest BCUT2D eigenvalue weighted by Crippen LogP contribution is -2.38. The molecule has 5 nitrogen and oxygen atoms in total. The largest absolute Gasteiger partial charge is 0.480 e. The quantitative estimate of drug-likeness (QED) is 0.849. The lowest BCUT2D eigenvalue weighted by atomic mass is 9.91. The molecule has 5 heteroatoms. The van der Waals surface area contributed by atoms with E-state index in [2.05, 4.69) is 47.2 Å². The first-order chi connectivity index (χ1) is 13.1. The van der Waals surface area contributed by atoms with Gasteiger partial charge in [-0.3, -0.25) is 9.69 Å². The van der Waals surface area contributed by atoms with Crippen LogP contribution in [0.1, 0.15) is 41.8 Å². The Labute approximate surface area is 161 Å². The number of amides is 1. The molecular formula is C22H29N3O2. The minimum absolute atomic E-state index is 0.171. The van der Waals surface area contributed by atoms with Crippen LogP contribution in [0.25, 0.3) is 0 Å². The number of methoxy groups -OCH3 is 1. The van der Waals surface area contributed by atoms with Gasteiger partial charge in [-0.05, 0) is 41.5 Å². The molecule has 0 radical (unpaired) electrons. The van der Waals surface area contributed by atoms with Gasteiger partial charge < -0.3 is 10.1 Å². The second-order valence-corrected chi connectivity index (χ2v) is 7.65. The fraction of sp³-hybridized carbons (Fsp3) is 0.455. The predicted octanol–water partition coefficient (Wildman–Crippen LogP) is 3.50. The number of piperidine rings is 1. The fourth-order valence-corrected chi connectivity index (χ4v) is 4.04. The van der Waals surface area contributed by atoms with Crippen molar-refractivity contribution in [3.8, 4) is 5.88 Å². The highest BCUT2D eigenvalue weighted by molar-refractivity contribution is 5.96. The molecule has 1 aliphatic heterocycles. The van der Waals surface area contributed by atoms with Gasteiger partial charge in [0.15, 0.2) is 0 Å². The summed E-state index contributed by atoms with van der Waals surface area (Å²) < 4.78 is 5.18. The zero-order valence-corrected chi connectivity index (χ0v) is 16.4. The van der Waals surface area contributed by atoms with Gasteiger partial charge in [-0.1, -0.05) is 38.1 Å². The average Bonchev–Trinajstić information content (AvgIpc) is 2.66. The van der Waals surface area contributed by atoms with Gasteiger partial charge in [-0.15, -0.1) is 0 Å². The molecule has 144 valence electrons. The average molecular weight is 367 g/mol. The van der Waals surface area contributed by atoms with Crippen LogP contribution in [-0.4, -0.2) is 36.0 Å². The van der Waals surface area contributed by atoms with E-state index in [1.807, 2.05) is 6.07 Å². The second-order valence-electron chi connectivity index (χ2n) is 7.65. The first kappa shape index (κ1) is 19.4. The van der Waals surface area contributed by atoms with E-state index in [1.54, 1.807) is 18.3 Å². The topological polar surface area (TPSA) is 54.5 Å². The molecule has 0 aliphatic carbocycles. The molecule has 3 rings (SSSR count). The number of carbonyl (C=O) groups excluding carboxylic acids is 1. The zero-order chi connectivity index (χ0) is 19.2.